The molecule has 0 radical (unpaired) electrons. The summed E-state index contributed by atoms with van der Waals surface area (Å²) >= 11 is 3.31. The van der Waals surface area contributed by atoms with Crippen LogP contribution in [0.2, 0.25) is 0 Å². The molecule has 1 aromatic carbocycles. The van der Waals surface area contributed by atoms with E-state index in [-0.39, 0.29) is 30.7 Å². The molecule has 2 aliphatic rings. The van der Waals surface area contributed by atoms with Crippen LogP contribution in [0.1, 0.15) is 46.9 Å². The number of nitrogens with zero attached hydrogens (tertiary/aromatic N) is 2. The fraction of sp³-hybridized carbons (Fsp3) is 0.471. The van der Waals surface area contributed by atoms with Crippen LogP contribution in [-0.2, 0) is 4.79 Å². The van der Waals surface area contributed by atoms with E-state index in [2.05, 4.69) is 22.9 Å². The molecule has 6 heteroatoms. The lowest BCUT2D eigenvalue weighted by atomic mass is 9.99. The van der Waals surface area contributed by atoms with Gasteiger partial charge in [-0.15, -0.1) is 0 Å². The van der Waals surface area contributed by atoms with E-state index < -0.39 is 0 Å². The number of hydrogen-bond donors (Lipinski definition) is 0. The predicted octanol–water partition coefficient (Wildman–Crippen LogP) is 2.69. The maximum absolute atomic E-state index is 12.4. The first-order chi connectivity index (χ1) is 11.0. The quantitative estimate of drug-likeness (QED) is 0.759. The second-order valence-electron chi connectivity index (χ2n) is 6.27. The lowest BCUT2D eigenvalue weighted by molar-refractivity contribution is -0.132. The van der Waals surface area contributed by atoms with Gasteiger partial charge in [0.15, 0.2) is 0 Å². The summed E-state index contributed by atoms with van der Waals surface area (Å²) in [4.78, 5) is 40.0. The molecular weight excluding hydrogens is 360 g/mol. The van der Waals surface area contributed by atoms with E-state index in [1.54, 1.807) is 18.2 Å². The summed E-state index contributed by atoms with van der Waals surface area (Å²) in [7, 11) is 0. The molecule has 0 bridgehead atoms. The summed E-state index contributed by atoms with van der Waals surface area (Å²) < 4.78 is 0.762. The van der Waals surface area contributed by atoms with Crippen molar-refractivity contribution in [1.29, 1.82) is 0 Å². The summed E-state index contributed by atoms with van der Waals surface area (Å²) in [5, 5.41) is 0. The van der Waals surface area contributed by atoms with Crippen molar-refractivity contribution in [3.63, 3.8) is 0 Å². The van der Waals surface area contributed by atoms with E-state index >= 15 is 0 Å². The van der Waals surface area contributed by atoms with E-state index in [1.165, 1.54) is 4.90 Å². The Labute approximate surface area is 143 Å². The van der Waals surface area contributed by atoms with Crippen LogP contribution >= 0.6 is 15.9 Å². The van der Waals surface area contributed by atoms with Crippen molar-refractivity contribution in [2.75, 3.05) is 19.6 Å². The molecule has 1 fully saturated rings. The molecule has 0 aromatic heterocycles. The first kappa shape index (κ1) is 16.2. The van der Waals surface area contributed by atoms with Gasteiger partial charge >= 0.3 is 0 Å². The molecule has 1 aromatic rings. The number of carbonyl (C=O) groups is 3. The zero-order chi connectivity index (χ0) is 16.6. The molecule has 2 heterocycles. The Hall–Kier alpha value is -1.69. The number of rotatable bonds is 3. The van der Waals surface area contributed by atoms with Crippen molar-refractivity contribution < 1.29 is 14.4 Å². The number of fused-ring (bicyclic) bond motifs is 1. The van der Waals surface area contributed by atoms with Crippen molar-refractivity contribution in [2.24, 2.45) is 5.92 Å². The van der Waals surface area contributed by atoms with E-state index in [1.807, 2.05) is 4.90 Å². The van der Waals surface area contributed by atoms with Crippen molar-refractivity contribution in [1.82, 2.24) is 9.80 Å². The molecule has 0 unspecified atom stereocenters. The highest BCUT2D eigenvalue weighted by atomic mass is 79.9. The molecule has 3 rings (SSSR count). The normalized spacial score (nSPS) is 18.5. The number of halogens is 1. The third-order valence-corrected chi connectivity index (χ3v) is 5.11. The second kappa shape index (κ2) is 6.43. The van der Waals surface area contributed by atoms with Gasteiger partial charge in [0.1, 0.15) is 0 Å². The molecule has 1 saturated heterocycles. The van der Waals surface area contributed by atoms with Crippen molar-refractivity contribution in [3.05, 3.63) is 33.8 Å². The Bertz CT molecular complexity index is 666. The highest BCUT2D eigenvalue weighted by molar-refractivity contribution is 9.10. The molecular formula is C17H19BrN2O3. The Morgan fingerprint density at radius 3 is 2.52 bits per heavy atom. The minimum Gasteiger partial charge on any atom is -0.343 e. The van der Waals surface area contributed by atoms with E-state index in [4.69, 9.17) is 0 Å². The zero-order valence-electron chi connectivity index (χ0n) is 13.0. The van der Waals surface area contributed by atoms with Gasteiger partial charge in [-0.1, -0.05) is 22.9 Å². The number of amides is 3. The number of benzene rings is 1. The molecule has 23 heavy (non-hydrogen) atoms. The lowest BCUT2D eigenvalue weighted by Crippen LogP contribution is -2.40. The summed E-state index contributed by atoms with van der Waals surface area (Å²) in [5.41, 5.74) is 0.820. The van der Waals surface area contributed by atoms with Crippen LogP contribution in [0.3, 0.4) is 0 Å². The summed E-state index contributed by atoms with van der Waals surface area (Å²) in [6, 6.07) is 5.05. The monoisotopic (exact) mass is 378 g/mol. The fourth-order valence-corrected chi connectivity index (χ4v) is 3.45. The van der Waals surface area contributed by atoms with Crippen LogP contribution in [0.25, 0.3) is 0 Å². The zero-order valence-corrected chi connectivity index (χ0v) is 14.6. The average molecular weight is 379 g/mol. The largest absolute Gasteiger partial charge is 0.343 e. The van der Waals surface area contributed by atoms with Gasteiger partial charge in [-0.2, -0.15) is 0 Å². The van der Waals surface area contributed by atoms with Crippen LogP contribution in [0.15, 0.2) is 22.7 Å². The molecule has 0 atom stereocenters. The van der Waals surface area contributed by atoms with Gasteiger partial charge in [0.05, 0.1) is 11.1 Å². The van der Waals surface area contributed by atoms with Gasteiger partial charge in [0.25, 0.3) is 11.8 Å². The number of carbonyl (C=O) groups excluding carboxylic acids is 3. The van der Waals surface area contributed by atoms with Crippen LogP contribution in [0.4, 0.5) is 0 Å². The molecule has 0 N–H and O–H groups in total. The van der Waals surface area contributed by atoms with Crippen molar-refractivity contribution >= 4 is 33.7 Å². The summed E-state index contributed by atoms with van der Waals surface area (Å²) in [5.74, 6) is 0.0623. The highest BCUT2D eigenvalue weighted by Gasteiger charge is 2.35. The Morgan fingerprint density at radius 1 is 1.17 bits per heavy atom. The van der Waals surface area contributed by atoms with Crippen molar-refractivity contribution in [2.45, 2.75) is 26.2 Å². The topological polar surface area (TPSA) is 57.7 Å². The third kappa shape index (κ3) is 3.17. The molecule has 2 aliphatic heterocycles. The van der Waals surface area contributed by atoms with E-state index in [0.717, 1.165) is 30.4 Å². The molecule has 0 aliphatic carbocycles. The smallest absolute Gasteiger partial charge is 0.261 e. The van der Waals surface area contributed by atoms with Gasteiger partial charge < -0.3 is 4.90 Å². The molecule has 122 valence electrons. The standard InChI is InChI=1S/C17H19BrN2O3/c1-11-4-7-19(8-5-11)15(21)6-9-20-16(22)13-3-2-12(18)10-14(13)17(20)23/h2-3,10-11H,4-9H2,1H3. The molecule has 0 saturated carbocycles. The molecule has 0 spiro atoms. The minimum atomic E-state index is -0.314. The predicted molar refractivity (Wildman–Crippen MR) is 89.1 cm³/mol. The average Bonchev–Trinajstić information content (AvgIpc) is 2.77. The van der Waals surface area contributed by atoms with Crippen LogP contribution in [-0.4, -0.2) is 47.2 Å². The van der Waals surface area contributed by atoms with E-state index in [9.17, 15) is 14.4 Å². The number of piperidine rings is 1. The lowest BCUT2D eigenvalue weighted by Gasteiger charge is -2.30. The van der Waals surface area contributed by atoms with Crippen LogP contribution in [0, 0.1) is 5.92 Å². The van der Waals surface area contributed by atoms with Gasteiger partial charge in [0, 0.05) is 30.5 Å². The molecule has 3 amide bonds. The number of imide groups is 1. The van der Waals surface area contributed by atoms with Crippen molar-refractivity contribution in [3.8, 4) is 0 Å². The number of likely N-dealkylation sites (tertiary alicyclic amines) is 1. The first-order valence-corrected chi connectivity index (χ1v) is 8.70. The van der Waals surface area contributed by atoms with Crippen LogP contribution < -0.4 is 0 Å². The van der Waals surface area contributed by atoms with Gasteiger partial charge in [0.2, 0.25) is 5.91 Å². The Balaban J connectivity index is 1.62. The summed E-state index contributed by atoms with van der Waals surface area (Å²) in [6.45, 7) is 3.89. The second-order valence-corrected chi connectivity index (χ2v) is 7.18. The van der Waals surface area contributed by atoms with E-state index in [0.29, 0.717) is 17.0 Å². The SMILES string of the molecule is CC1CCN(C(=O)CCN2C(=O)c3ccc(Br)cc3C2=O)CC1. The highest BCUT2D eigenvalue weighted by Crippen LogP contribution is 2.26. The maximum atomic E-state index is 12.4. The fourth-order valence-electron chi connectivity index (χ4n) is 3.09. The maximum Gasteiger partial charge on any atom is 0.261 e. The first-order valence-electron chi connectivity index (χ1n) is 7.91. The van der Waals surface area contributed by atoms with Gasteiger partial charge in [-0.25, -0.2) is 0 Å². The number of hydrogen-bond acceptors (Lipinski definition) is 3. The third-order valence-electron chi connectivity index (χ3n) is 4.62. The molecule has 5 nitrogen and oxygen atoms in total. The Morgan fingerprint density at radius 2 is 1.83 bits per heavy atom. The minimum absolute atomic E-state index is 0.0228. The Kier molecular flexibility index (Phi) is 4.53. The van der Waals surface area contributed by atoms with Gasteiger partial charge in [-0.05, 0) is 37.0 Å². The summed E-state index contributed by atoms with van der Waals surface area (Å²) in [6.07, 6.45) is 2.24. The van der Waals surface area contributed by atoms with Crippen LogP contribution in [0.5, 0.6) is 0 Å². The van der Waals surface area contributed by atoms with Gasteiger partial charge in [-0.3, -0.25) is 19.3 Å².